The average Bonchev–Trinajstić information content (AvgIpc) is 2.76. The van der Waals surface area contributed by atoms with Crippen molar-refractivity contribution in [1.29, 1.82) is 0 Å². The first-order chi connectivity index (χ1) is 8.58. The molecule has 1 aromatic carbocycles. The number of hydrogen-bond donors (Lipinski definition) is 2. The van der Waals surface area contributed by atoms with Crippen LogP contribution in [0.4, 0.5) is 11.4 Å². The fourth-order valence-electron chi connectivity index (χ4n) is 2.22. The molecule has 0 spiro atoms. The van der Waals surface area contributed by atoms with Crippen LogP contribution in [-0.2, 0) is 4.79 Å². The van der Waals surface area contributed by atoms with E-state index in [-0.39, 0.29) is 23.6 Å². The van der Waals surface area contributed by atoms with Gasteiger partial charge in [0.1, 0.15) is 0 Å². The largest absolute Gasteiger partial charge is 0.327 e. The molecule has 2 rings (SSSR count). The van der Waals surface area contributed by atoms with Crippen molar-refractivity contribution < 1.29 is 9.72 Å². The van der Waals surface area contributed by atoms with Crippen molar-refractivity contribution >= 4 is 17.3 Å². The van der Waals surface area contributed by atoms with E-state index in [2.05, 4.69) is 5.32 Å². The van der Waals surface area contributed by atoms with E-state index in [0.717, 1.165) is 19.3 Å². The molecule has 1 aromatic rings. The second-order valence-corrected chi connectivity index (χ2v) is 4.49. The number of amides is 1. The van der Waals surface area contributed by atoms with E-state index in [1.165, 1.54) is 24.3 Å². The first-order valence-electron chi connectivity index (χ1n) is 5.89. The molecule has 1 fully saturated rings. The SMILES string of the molecule is NC1CCCC1C(=O)Nc1ccc([N+](=O)[O-])cc1. The highest BCUT2D eigenvalue weighted by molar-refractivity contribution is 5.93. The van der Waals surface area contributed by atoms with E-state index in [4.69, 9.17) is 5.73 Å². The maximum Gasteiger partial charge on any atom is 0.269 e. The van der Waals surface area contributed by atoms with Crippen molar-refractivity contribution in [2.24, 2.45) is 11.7 Å². The standard InChI is InChI=1S/C12H15N3O3/c13-11-3-1-2-10(11)12(16)14-8-4-6-9(7-5-8)15(17)18/h4-7,10-11H,1-3,13H2,(H,14,16). The highest BCUT2D eigenvalue weighted by Gasteiger charge is 2.30. The third-order valence-electron chi connectivity index (χ3n) is 3.25. The zero-order chi connectivity index (χ0) is 13.1. The first-order valence-corrected chi connectivity index (χ1v) is 5.89. The van der Waals surface area contributed by atoms with Gasteiger partial charge in [0.05, 0.1) is 10.8 Å². The summed E-state index contributed by atoms with van der Waals surface area (Å²) in [7, 11) is 0. The predicted octanol–water partition coefficient (Wildman–Crippen LogP) is 1.66. The van der Waals surface area contributed by atoms with E-state index >= 15 is 0 Å². The molecule has 2 unspecified atom stereocenters. The lowest BCUT2D eigenvalue weighted by molar-refractivity contribution is -0.384. The molecule has 18 heavy (non-hydrogen) atoms. The summed E-state index contributed by atoms with van der Waals surface area (Å²) in [5.74, 6) is -0.256. The Balaban J connectivity index is 2.00. The quantitative estimate of drug-likeness (QED) is 0.628. The van der Waals surface area contributed by atoms with E-state index in [0.29, 0.717) is 5.69 Å². The Morgan fingerprint density at radius 1 is 1.33 bits per heavy atom. The molecule has 1 aliphatic rings. The Bertz CT molecular complexity index is 458. The van der Waals surface area contributed by atoms with Crippen LogP contribution >= 0.6 is 0 Å². The van der Waals surface area contributed by atoms with Crippen LogP contribution in [0, 0.1) is 16.0 Å². The summed E-state index contributed by atoms with van der Waals surface area (Å²) in [6, 6.07) is 5.70. The summed E-state index contributed by atoms with van der Waals surface area (Å²) in [5.41, 5.74) is 6.41. The molecule has 1 amide bonds. The highest BCUT2D eigenvalue weighted by atomic mass is 16.6. The van der Waals surface area contributed by atoms with Crippen molar-refractivity contribution in [2.45, 2.75) is 25.3 Å². The van der Waals surface area contributed by atoms with Gasteiger partial charge in [-0.15, -0.1) is 0 Å². The lowest BCUT2D eigenvalue weighted by atomic mass is 10.0. The molecule has 0 saturated heterocycles. The van der Waals surface area contributed by atoms with Crippen molar-refractivity contribution in [2.75, 3.05) is 5.32 Å². The molecule has 6 nitrogen and oxygen atoms in total. The summed E-state index contributed by atoms with van der Waals surface area (Å²) >= 11 is 0. The van der Waals surface area contributed by atoms with Crippen LogP contribution in [-0.4, -0.2) is 16.9 Å². The topological polar surface area (TPSA) is 98.3 Å². The molecule has 0 heterocycles. The third kappa shape index (κ3) is 2.65. The summed E-state index contributed by atoms with van der Waals surface area (Å²) in [5, 5.41) is 13.2. The highest BCUT2D eigenvalue weighted by Crippen LogP contribution is 2.25. The Kier molecular flexibility index (Phi) is 3.57. The molecular formula is C12H15N3O3. The van der Waals surface area contributed by atoms with Crippen LogP contribution in [0.3, 0.4) is 0 Å². The van der Waals surface area contributed by atoms with Gasteiger partial charge in [0, 0.05) is 23.9 Å². The summed E-state index contributed by atoms with van der Waals surface area (Å²) in [4.78, 5) is 21.9. The zero-order valence-electron chi connectivity index (χ0n) is 9.83. The van der Waals surface area contributed by atoms with E-state index in [1.54, 1.807) is 0 Å². The predicted molar refractivity (Wildman–Crippen MR) is 67.0 cm³/mol. The molecule has 0 radical (unpaired) electrons. The number of hydrogen-bond acceptors (Lipinski definition) is 4. The summed E-state index contributed by atoms with van der Waals surface area (Å²) < 4.78 is 0. The number of anilines is 1. The number of nitro groups is 1. The number of rotatable bonds is 3. The number of nitrogens with zero attached hydrogens (tertiary/aromatic N) is 1. The minimum Gasteiger partial charge on any atom is -0.327 e. The van der Waals surface area contributed by atoms with Crippen LogP contribution < -0.4 is 11.1 Å². The number of nitrogens with two attached hydrogens (primary N) is 1. The number of nitro benzene ring substituents is 1. The summed E-state index contributed by atoms with van der Waals surface area (Å²) in [6.07, 6.45) is 2.65. The average molecular weight is 249 g/mol. The molecule has 2 atom stereocenters. The number of carbonyl (C=O) groups is 1. The minimum atomic E-state index is -0.474. The van der Waals surface area contributed by atoms with E-state index in [1.807, 2.05) is 0 Å². The monoisotopic (exact) mass is 249 g/mol. The number of benzene rings is 1. The number of non-ortho nitro benzene ring substituents is 1. The smallest absolute Gasteiger partial charge is 0.269 e. The molecule has 96 valence electrons. The van der Waals surface area contributed by atoms with Gasteiger partial charge in [0.2, 0.25) is 5.91 Å². The Morgan fingerprint density at radius 3 is 2.50 bits per heavy atom. The van der Waals surface area contributed by atoms with Crippen molar-refractivity contribution in [3.8, 4) is 0 Å². The first kappa shape index (κ1) is 12.5. The van der Waals surface area contributed by atoms with E-state index in [9.17, 15) is 14.9 Å². The maximum absolute atomic E-state index is 11.9. The van der Waals surface area contributed by atoms with Gasteiger partial charge in [-0.1, -0.05) is 6.42 Å². The second-order valence-electron chi connectivity index (χ2n) is 4.49. The fourth-order valence-corrected chi connectivity index (χ4v) is 2.22. The molecule has 3 N–H and O–H groups in total. The Hall–Kier alpha value is -1.95. The lowest BCUT2D eigenvalue weighted by Crippen LogP contribution is -2.34. The van der Waals surface area contributed by atoms with Crippen LogP contribution in [0.25, 0.3) is 0 Å². The molecule has 6 heteroatoms. The van der Waals surface area contributed by atoms with Gasteiger partial charge in [-0.05, 0) is 25.0 Å². The van der Waals surface area contributed by atoms with Gasteiger partial charge in [0.25, 0.3) is 5.69 Å². The minimum absolute atomic E-state index is 0.00515. The molecule has 0 bridgehead atoms. The summed E-state index contributed by atoms with van der Waals surface area (Å²) in [6.45, 7) is 0. The molecule has 0 aromatic heterocycles. The number of nitrogens with one attached hydrogen (secondary N) is 1. The van der Waals surface area contributed by atoms with Crippen molar-refractivity contribution in [1.82, 2.24) is 0 Å². The molecule has 1 aliphatic carbocycles. The molecule has 1 saturated carbocycles. The van der Waals surface area contributed by atoms with Crippen molar-refractivity contribution in [3.05, 3.63) is 34.4 Å². The van der Waals surface area contributed by atoms with Gasteiger partial charge in [-0.3, -0.25) is 14.9 Å². The van der Waals surface area contributed by atoms with Crippen LogP contribution in [0.2, 0.25) is 0 Å². The third-order valence-corrected chi connectivity index (χ3v) is 3.25. The Labute approximate surface area is 104 Å². The van der Waals surface area contributed by atoms with Crippen LogP contribution in [0.15, 0.2) is 24.3 Å². The normalized spacial score (nSPS) is 22.7. The van der Waals surface area contributed by atoms with Gasteiger partial charge < -0.3 is 11.1 Å². The second kappa shape index (κ2) is 5.14. The fraction of sp³-hybridized carbons (Fsp3) is 0.417. The van der Waals surface area contributed by atoms with Gasteiger partial charge in [-0.2, -0.15) is 0 Å². The van der Waals surface area contributed by atoms with Crippen LogP contribution in [0.1, 0.15) is 19.3 Å². The van der Waals surface area contributed by atoms with Crippen molar-refractivity contribution in [3.63, 3.8) is 0 Å². The van der Waals surface area contributed by atoms with Gasteiger partial charge in [-0.25, -0.2) is 0 Å². The van der Waals surface area contributed by atoms with Crippen LogP contribution in [0.5, 0.6) is 0 Å². The molecular weight excluding hydrogens is 234 g/mol. The molecule has 0 aliphatic heterocycles. The zero-order valence-corrected chi connectivity index (χ0v) is 9.83. The van der Waals surface area contributed by atoms with Gasteiger partial charge >= 0.3 is 0 Å². The number of carbonyl (C=O) groups excluding carboxylic acids is 1. The maximum atomic E-state index is 11.9. The van der Waals surface area contributed by atoms with Gasteiger partial charge in [0.15, 0.2) is 0 Å². The van der Waals surface area contributed by atoms with E-state index < -0.39 is 4.92 Å². The lowest BCUT2D eigenvalue weighted by Gasteiger charge is -2.14. The Morgan fingerprint density at radius 2 is 2.00 bits per heavy atom.